The van der Waals surface area contributed by atoms with Gasteiger partial charge in [0.1, 0.15) is 6.54 Å². The Kier molecular flexibility index (Phi) is 7.06. The molecule has 120 valence electrons. The number of amides is 1. The molecule has 0 aromatic rings. The molecule has 1 heterocycles. The molecule has 0 aromatic carbocycles. The first kappa shape index (κ1) is 17.9. The van der Waals surface area contributed by atoms with Gasteiger partial charge >= 0.3 is 5.97 Å². The topological polar surface area (TPSA) is 102 Å². The summed E-state index contributed by atoms with van der Waals surface area (Å²) in [6, 6.07) is 0. The van der Waals surface area contributed by atoms with Crippen molar-refractivity contribution in [2.45, 2.75) is 17.7 Å². The number of nitroso groups, excluding NO2 is 1. The molecule has 0 radical (unpaired) electrons. The quantitative estimate of drug-likeness (QED) is 0.320. The predicted octanol–water partition coefficient (Wildman–Crippen LogP) is -0.393. The highest BCUT2D eigenvalue weighted by Crippen LogP contribution is 2.12. The van der Waals surface area contributed by atoms with Crippen LogP contribution in [-0.4, -0.2) is 78.0 Å². The number of aliphatic carboxylic acids is 1. The molecule has 8 nitrogen and oxygen atoms in total. The molecule has 1 saturated heterocycles. The summed E-state index contributed by atoms with van der Waals surface area (Å²) in [5.41, 5.74) is 0. The van der Waals surface area contributed by atoms with Crippen molar-refractivity contribution in [2.75, 3.05) is 46.3 Å². The molecule has 9 heteroatoms. The maximum atomic E-state index is 11.7. The molecule has 1 aliphatic rings. The van der Waals surface area contributed by atoms with Gasteiger partial charge in [-0.1, -0.05) is 5.18 Å². The number of thiol groups is 1. The molecule has 21 heavy (non-hydrogen) atoms. The molecule has 2 N–H and O–H groups in total. The lowest BCUT2D eigenvalue weighted by Crippen LogP contribution is -2.52. The zero-order valence-electron chi connectivity index (χ0n) is 12.1. The second-order valence-electron chi connectivity index (χ2n) is 5.25. The van der Waals surface area contributed by atoms with Gasteiger partial charge in [0, 0.05) is 32.6 Å². The molecule has 1 atom stereocenters. The summed E-state index contributed by atoms with van der Waals surface area (Å²) in [6.45, 7) is 4.14. The summed E-state index contributed by atoms with van der Waals surface area (Å²) in [7, 11) is 2.07. The number of carbonyl (C=O) groups excluding carboxylic acids is 1. The van der Waals surface area contributed by atoms with Crippen LogP contribution < -0.4 is 5.32 Å². The fourth-order valence-corrected chi connectivity index (χ4v) is 2.26. The van der Waals surface area contributed by atoms with Crippen molar-refractivity contribution in [2.24, 2.45) is 5.18 Å². The molecule has 1 amide bonds. The molecule has 1 aliphatic heterocycles. The van der Waals surface area contributed by atoms with E-state index in [9.17, 15) is 14.5 Å². The number of piperazine rings is 1. The maximum absolute atomic E-state index is 11.7. The lowest BCUT2D eigenvalue weighted by molar-refractivity contribution is -0.142. The molecule has 0 aliphatic carbocycles. The van der Waals surface area contributed by atoms with E-state index < -0.39 is 23.3 Å². The highest BCUT2D eigenvalue weighted by atomic mass is 32.1. The predicted molar refractivity (Wildman–Crippen MR) is 81.3 cm³/mol. The van der Waals surface area contributed by atoms with Gasteiger partial charge in [-0.05, 0) is 20.0 Å². The smallest absolute Gasteiger partial charge is 0.341 e. The van der Waals surface area contributed by atoms with Crippen molar-refractivity contribution >= 4 is 24.5 Å². The van der Waals surface area contributed by atoms with Gasteiger partial charge in [-0.3, -0.25) is 4.79 Å². The Bertz CT molecular complexity index is 387. The number of nitrogens with zero attached hydrogens (tertiary/aromatic N) is 3. The van der Waals surface area contributed by atoms with E-state index in [1.807, 2.05) is 0 Å². The SMILES string of the molecule is CN1CCN(CCCC(=O)NC(S)(CN=O)C(=O)O)CC1. The van der Waals surface area contributed by atoms with Gasteiger partial charge in [-0.25, -0.2) is 4.79 Å². The number of carboxylic acids is 1. The lowest BCUT2D eigenvalue weighted by Gasteiger charge is -2.32. The number of hydrogen-bond donors (Lipinski definition) is 3. The van der Waals surface area contributed by atoms with Crippen LogP contribution in [0, 0.1) is 4.91 Å². The zero-order chi connectivity index (χ0) is 15.9. The Balaban J connectivity index is 2.30. The van der Waals surface area contributed by atoms with Crippen LogP contribution in [-0.2, 0) is 9.59 Å². The van der Waals surface area contributed by atoms with Crippen LogP contribution in [0.2, 0.25) is 0 Å². The highest BCUT2D eigenvalue weighted by Gasteiger charge is 2.36. The van der Waals surface area contributed by atoms with Crippen LogP contribution >= 0.6 is 12.6 Å². The Hall–Kier alpha value is -1.19. The summed E-state index contributed by atoms with van der Waals surface area (Å²) >= 11 is 3.83. The first-order chi connectivity index (χ1) is 9.87. The van der Waals surface area contributed by atoms with Crippen LogP contribution in [0.4, 0.5) is 0 Å². The van der Waals surface area contributed by atoms with Gasteiger partial charge in [-0.15, -0.1) is 12.6 Å². The summed E-state index contributed by atoms with van der Waals surface area (Å²) in [4.78, 5) is 35.6. The van der Waals surface area contributed by atoms with Gasteiger partial charge in [0.25, 0.3) is 0 Å². The van der Waals surface area contributed by atoms with Gasteiger partial charge < -0.3 is 20.2 Å². The van der Waals surface area contributed by atoms with E-state index in [1.165, 1.54) is 0 Å². The molecular weight excluding hydrogens is 296 g/mol. The molecule has 1 unspecified atom stereocenters. The number of carbonyl (C=O) groups is 2. The van der Waals surface area contributed by atoms with E-state index in [2.05, 4.69) is 40.0 Å². The number of likely N-dealkylation sites (N-methyl/N-ethyl adjacent to an activating group) is 1. The third-order valence-electron chi connectivity index (χ3n) is 3.47. The average Bonchev–Trinajstić information content (AvgIpc) is 2.41. The molecule has 0 spiro atoms. The summed E-state index contributed by atoms with van der Waals surface area (Å²) in [6.07, 6.45) is 0.828. The molecule has 1 fully saturated rings. The van der Waals surface area contributed by atoms with Crippen molar-refractivity contribution in [3.05, 3.63) is 4.91 Å². The van der Waals surface area contributed by atoms with Crippen molar-refractivity contribution in [1.82, 2.24) is 15.1 Å². The van der Waals surface area contributed by atoms with E-state index in [0.29, 0.717) is 6.42 Å². The van der Waals surface area contributed by atoms with Gasteiger partial charge in [0.15, 0.2) is 0 Å². The first-order valence-corrected chi connectivity index (χ1v) is 7.29. The summed E-state index contributed by atoms with van der Waals surface area (Å²) < 4.78 is 0. The summed E-state index contributed by atoms with van der Waals surface area (Å²) in [5, 5.41) is 13.7. The molecule has 0 bridgehead atoms. The van der Waals surface area contributed by atoms with Crippen LogP contribution in [0.3, 0.4) is 0 Å². The zero-order valence-corrected chi connectivity index (χ0v) is 13.0. The van der Waals surface area contributed by atoms with Gasteiger partial charge in [-0.2, -0.15) is 4.91 Å². The van der Waals surface area contributed by atoms with E-state index in [-0.39, 0.29) is 6.42 Å². The molecule has 1 rings (SSSR count). The minimum Gasteiger partial charge on any atom is -0.479 e. The van der Waals surface area contributed by atoms with E-state index in [1.54, 1.807) is 0 Å². The fourth-order valence-electron chi connectivity index (χ4n) is 2.08. The lowest BCUT2D eigenvalue weighted by atomic mass is 10.2. The third kappa shape index (κ3) is 5.98. The fraction of sp³-hybridized carbons (Fsp3) is 0.833. The van der Waals surface area contributed by atoms with Crippen LogP contribution in [0.25, 0.3) is 0 Å². The Morgan fingerprint density at radius 3 is 2.48 bits per heavy atom. The van der Waals surface area contributed by atoms with Gasteiger partial charge in [0.05, 0.1) is 0 Å². The second kappa shape index (κ2) is 8.30. The standard InChI is InChI=1S/C12H22N4O4S/c1-15-5-7-16(8-6-15)4-2-3-10(17)14-12(21,9-13-20)11(18)19/h21H,2-9H2,1H3,(H,14,17)(H,18,19). The van der Waals surface area contributed by atoms with Crippen LogP contribution in [0.1, 0.15) is 12.8 Å². The van der Waals surface area contributed by atoms with Crippen molar-refractivity contribution in [1.29, 1.82) is 0 Å². The number of rotatable bonds is 8. The number of hydrogen-bond acceptors (Lipinski definition) is 7. The largest absolute Gasteiger partial charge is 0.479 e. The molecular formula is C12H22N4O4S. The Labute approximate surface area is 129 Å². The van der Waals surface area contributed by atoms with Crippen molar-refractivity contribution < 1.29 is 14.7 Å². The van der Waals surface area contributed by atoms with Crippen LogP contribution in [0.15, 0.2) is 5.18 Å². The maximum Gasteiger partial charge on any atom is 0.341 e. The first-order valence-electron chi connectivity index (χ1n) is 6.84. The Morgan fingerprint density at radius 1 is 1.33 bits per heavy atom. The second-order valence-corrected chi connectivity index (χ2v) is 6.01. The van der Waals surface area contributed by atoms with E-state index in [0.717, 1.165) is 32.7 Å². The number of carboxylic acid groups (broad SMARTS) is 1. The van der Waals surface area contributed by atoms with E-state index >= 15 is 0 Å². The molecule has 0 saturated carbocycles. The van der Waals surface area contributed by atoms with Crippen LogP contribution in [0.5, 0.6) is 0 Å². The summed E-state index contributed by atoms with van der Waals surface area (Å²) in [5.74, 6) is -1.83. The normalized spacial score (nSPS) is 19.7. The molecule has 0 aromatic heterocycles. The minimum atomic E-state index is -1.92. The van der Waals surface area contributed by atoms with Gasteiger partial charge in [0.2, 0.25) is 10.8 Å². The van der Waals surface area contributed by atoms with Crippen molar-refractivity contribution in [3.63, 3.8) is 0 Å². The van der Waals surface area contributed by atoms with Crippen molar-refractivity contribution in [3.8, 4) is 0 Å². The monoisotopic (exact) mass is 318 g/mol. The Morgan fingerprint density at radius 2 is 1.95 bits per heavy atom. The highest BCUT2D eigenvalue weighted by molar-refractivity contribution is 7.82. The van der Waals surface area contributed by atoms with E-state index in [4.69, 9.17) is 5.11 Å². The number of nitrogens with one attached hydrogen (secondary N) is 1. The minimum absolute atomic E-state index is 0.195. The average molecular weight is 318 g/mol. The third-order valence-corrected chi connectivity index (χ3v) is 3.91.